The number of ether oxygens (including phenoxy) is 1. The molecule has 0 saturated carbocycles. The molecule has 0 radical (unpaired) electrons. The van der Waals surface area contributed by atoms with Gasteiger partial charge in [-0.1, -0.05) is 35.3 Å². The normalized spacial score (nSPS) is 10.5. The Labute approximate surface area is 123 Å². The maximum atomic E-state index is 5.95. The second kappa shape index (κ2) is 6.80. The fourth-order valence-electron chi connectivity index (χ4n) is 1.75. The third-order valence-corrected chi connectivity index (χ3v) is 3.43. The number of hydrogen-bond donors (Lipinski definition) is 1. The van der Waals surface area contributed by atoms with E-state index in [2.05, 4.69) is 6.07 Å². The zero-order valence-corrected chi connectivity index (χ0v) is 11.9. The molecule has 0 amide bonds. The van der Waals surface area contributed by atoms with E-state index in [0.29, 0.717) is 22.3 Å². The van der Waals surface area contributed by atoms with Crippen molar-refractivity contribution in [1.82, 2.24) is 0 Å². The molecular formula is C15H15Cl2NO. The minimum absolute atomic E-state index is 0.485. The largest absolute Gasteiger partial charge is 0.457 e. The van der Waals surface area contributed by atoms with Crippen molar-refractivity contribution in [2.24, 2.45) is 5.73 Å². The van der Waals surface area contributed by atoms with Crippen LogP contribution in [-0.4, -0.2) is 6.54 Å². The van der Waals surface area contributed by atoms with E-state index >= 15 is 0 Å². The summed E-state index contributed by atoms with van der Waals surface area (Å²) < 4.78 is 5.76. The van der Waals surface area contributed by atoms with E-state index in [9.17, 15) is 0 Å². The lowest BCUT2D eigenvalue weighted by atomic mass is 10.1. The van der Waals surface area contributed by atoms with Gasteiger partial charge in [0.2, 0.25) is 0 Å². The molecule has 0 bridgehead atoms. The van der Waals surface area contributed by atoms with Crippen molar-refractivity contribution in [2.45, 2.75) is 12.8 Å². The Balaban J connectivity index is 2.11. The molecule has 2 aromatic rings. The highest BCUT2D eigenvalue weighted by atomic mass is 35.5. The molecule has 2 N–H and O–H groups in total. The molecule has 100 valence electrons. The van der Waals surface area contributed by atoms with Crippen LogP contribution in [0.5, 0.6) is 11.5 Å². The van der Waals surface area contributed by atoms with E-state index < -0.39 is 0 Å². The quantitative estimate of drug-likeness (QED) is 0.869. The molecule has 0 aliphatic heterocycles. The Morgan fingerprint density at radius 2 is 1.74 bits per heavy atom. The third kappa shape index (κ3) is 4.13. The molecule has 0 unspecified atom stereocenters. The molecule has 19 heavy (non-hydrogen) atoms. The van der Waals surface area contributed by atoms with E-state index in [4.69, 9.17) is 33.7 Å². The van der Waals surface area contributed by atoms with E-state index in [1.165, 1.54) is 5.56 Å². The predicted molar refractivity (Wildman–Crippen MR) is 80.4 cm³/mol. The van der Waals surface area contributed by atoms with Gasteiger partial charge in [0.1, 0.15) is 11.5 Å². The van der Waals surface area contributed by atoms with Crippen LogP contribution in [0, 0.1) is 0 Å². The van der Waals surface area contributed by atoms with Crippen molar-refractivity contribution in [3.63, 3.8) is 0 Å². The predicted octanol–water partition coefficient (Wildman–Crippen LogP) is 4.68. The molecule has 0 aliphatic carbocycles. The topological polar surface area (TPSA) is 35.2 Å². The van der Waals surface area contributed by atoms with Crippen LogP contribution in [0.1, 0.15) is 12.0 Å². The second-order valence-corrected chi connectivity index (χ2v) is 5.03. The molecule has 0 spiro atoms. The lowest BCUT2D eigenvalue weighted by molar-refractivity contribution is 0.482. The molecule has 0 heterocycles. The summed E-state index contributed by atoms with van der Waals surface area (Å²) in [4.78, 5) is 0. The van der Waals surface area contributed by atoms with Gasteiger partial charge in [-0.05, 0) is 49.2 Å². The Morgan fingerprint density at radius 1 is 0.947 bits per heavy atom. The molecule has 0 saturated heterocycles. The van der Waals surface area contributed by atoms with E-state index in [1.54, 1.807) is 18.2 Å². The summed E-state index contributed by atoms with van der Waals surface area (Å²) in [6.45, 7) is 0.692. The van der Waals surface area contributed by atoms with Crippen LogP contribution in [0.3, 0.4) is 0 Å². The summed E-state index contributed by atoms with van der Waals surface area (Å²) in [7, 11) is 0. The Morgan fingerprint density at radius 3 is 2.47 bits per heavy atom. The average Bonchev–Trinajstić information content (AvgIpc) is 2.41. The Bertz CT molecular complexity index is 558. The van der Waals surface area contributed by atoms with Crippen LogP contribution >= 0.6 is 23.2 Å². The first kappa shape index (κ1) is 14.2. The highest BCUT2D eigenvalue weighted by molar-refractivity contribution is 6.42. The SMILES string of the molecule is NCCCc1cccc(Oc2ccc(Cl)c(Cl)c2)c1. The number of rotatable bonds is 5. The van der Waals surface area contributed by atoms with Gasteiger partial charge in [-0.2, -0.15) is 0 Å². The average molecular weight is 296 g/mol. The third-order valence-electron chi connectivity index (χ3n) is 2.69. The number of aryl methyl sites for hydroxylation is 1. The van der Waals surface area contributed by atoms with Gasteiger partial charge in [0.05, 0.1) is 10.0 Å². The van der Waals surface area contributed by atoms with Gasteiger partial charge in [-0.3, -0.25) is 0 Å². The highest BCUT2D eigenvalue weighted by Crippen LogP contribution is 2.29. The molecule has 0 aliphatic rings. The Hall–Kier alpha value is -1.22. The van der Waals surface area contributed by atoms with Crippen LogP contribution in [0.15, 0.2) is 42.5 Å². The first-order valence-electron chi connectivity index (χ1n) is 6.11. The van der Waals surface area contributed by atoms with Crippen LogP contribution in [0.2, 0.25) is 10.0 Å². The molecule has 0 atom stereocenters. The summed E-state index contributed by atoms with van der Waals surface area (Å²) in [6.07, 6.45) is 1.92. The van der Waals surface area contributed by atoms with E-state index in [0.717, 1.165) is 18.6 Å². The highest BCUT2D eigenvalue weighted by Gasteiger charge is 2.02. The molecule has 2 rings (SSSR count). The van der Waals surface area contributed by atoms with Gasteiger partial charge in [0, 0.05) is 6.07 Å². The van der Waals surface area contributed by atoms with Crippen molar-refractivity contribution in [3.05, 3.63) is 58.1 Å². The number of hydrogen-bond acceptors (Lipinski definition) is 2. The minimum atomic E-state index is 0.485. The fraction of sp³-hybridized carbons (Fsp3) is 0.200. The molecule has 2 nitrogen and oxygen atoms in total. The molecular weight excluding hydrogens is 281 g/mol. The molecule has 4 heteroatoms. The van der Waals surface area contributed by atoms with E-state index in [1.807, 2.05) is 18.2 Å². The minimum Gasteiger partial charge on any atom is -0.457 e. The van der Waals surface area contributed by atoms with Crippen LogP contribution in [0.4, 0.5) is 0 Å². The summed E-state index contributed by atoms with van der Waals surface area (Å²) >= 11 is 11.8. The summed E-state index contributed by atoms with van der Waals surface area (Å²) in [5.41, 5.74) is 6.72. The van der Waals surface area contributed by atoms with Gasteiger partial charge < -0.3 is 10.5 Å². The van der Waals surface area contributed by atoms with Gasteiger partial charge >= 0.3 is 0 Å². The zero-order chi connectivity index (χ0) is 13.7. The van der Waals surface area contributed by atoms with Gasteiger partial charge in [-0.25, -0.2) is 0 Å². The smallest absolute Gasteiger partial charge is 0.129 e. The van der Waals surface area contributed by atoms with Crippen LogP contribution < -0.4 is 10.5 Å². The maximum absolute atomic E-state index is 5.95. The summed E-state index contributed by atoms with van der Waals surface area (Å²) in [5.74, 6) is 1.46. The van der Waals surface area contributed by atoms with Crippen molar-refractivity contribution in [2.75, 3.05) is 6.54 Å². The monoisotopic (exact) mass is 295 g/mol. The van der Waals surface area contributed by atoms with Crippen LogP contribution in [0.25, 0.3) is 0 Å². The second-order valence-electron chi connectivity index (χ2n) is 4.22. The first-order valence-corrected chi connectivity index (χ1v) is 6.86. The maximum Gasteiger partial charge on any atom is 0.129 e. The van der Waals surface area contributed by atoms with Gasteiger partial charge in [0.15, 0.2) is 0 Å². The number of benzene rings is 2. The molecule has 0 fully saturated rings. The number of halogens is 2. The van der Waals surface area contributed by atoms with Crippen LogP contribution in [-0.2, 0) is 6.42 Å². The molecule has 2 aromatic carbocycles. The van der Waals surface area contributed by atoms with Crippen molar-refractivity contribution in [3.8, 4) is 11.5 Å². The number of nitrogens with two attached hydrogens (primary N) is 1. The standard InChI is InChI=1S/C15H15Cl2NO/c16-14-7-6-13(10-15(14)17)19-12-5-1-3-11(9-12)4-2-8-18/h1,3,5-7,9-10H,2,4,8,18H2. The Kier molecular flexibility index (Phi) is 5.08. The molecule has 0 aromatic heterocycles. The van der Waals surface area contributed by atoms with Crippen molar-refractivity contribution in [1.29, 1.82) is 0 Å². The first-order chi connectivity index (χ1) is 9.19. The van der Waals surface area contributed by atoms with Gasteiger partial charge in [-0.15, -0.1) is 0 Å². The van der Waals surface area contributed by atoms with Gasteiger partial charge in [0.25, 0.3) is 0 Å². The van der Waals surface area contributed by atoms with Crippen molar-refractivity contribution >= 4 is 23.2 Å². The summed E-state index contributed by atoms with van der Waals surface area (Å²) in [6, 6.07) is 13.2. The zero-order valence-electron chi connectivity index (χ0n) is 10.4. The lowest BCUT2D eigenvalue weighted by Crippen LogP contribution is -2.00. The lowest BCUT2D eigenvalue weighted by Gasteiger charge is -2.08. The van der Waals surface area contributed by atoms with Crippen molar-refractivity contribution < 1.29 is 4.74 Å². The fourth-order valence-corrected chi connectivity index (χ4v) is 2.04. The van der Waals surface area contributed by atoms with E-state index in [-0.39, 0.29) is 0 Å². The summed E-state index contributed by atoms with van der Waals surface area (Å²) in [5, 5.41) is 1.00.